The van der Waals surface area contributed by atoms with E-state index in [1.54, 1.807) is 0 Å². The van der Waals surface area contributed by atoms with Crippen molar-refractivity contribution in [2.75, 3.05) is 39.8 Å². The van der Waals surface area contributed by atoms with E-state index < -0.39 is 5.97 Å². The van der Waals surface area contributed by atoms with Crippen molar-refractivity contribution in [2.45, 2.75) is 122 Å². The van der Waals surface area contributed by atoms with Crippen LogP contribution in [0.4, 0.5) is 0 Å². The highest BCUT2D eigenvalue weighted by atomic mass is 16.5. The van der Waals surface area contributed by atoms with Crippen LogP contribution in [0.2, 0.25) is 0 Å². The number of hydrogen-bond acceptors (Lipinski definition) is 5. The third-order valence-electron chi connectivity index (χ3n) is 6.07. The molecule has 0 bridgehead atoms. The van der Waals surface area contributed by atoms with Crippen LogP contribution in [0, 0.1) is 0 Å². The molecule has 0 rings (SSSR count). The molecule has 0 aliphatic rings. The van der Waals surface area contributed by atoms with Gasteiger partial charge in [0.1, 0.15) is 0 Å². The number of ether oxygens (including phenoxy) is 1. The van der Waals surface area contributed by atoms with E-state index in [2.05, 4.69) is 17.1 Å². The number of aliphatic carboxylic acids is 1. The Bertz CT molecular complexity index is 446. The Kier molecular flexibility index (Phi) is 24.6. The highest BCUT2D eigenvalue weighted by molar-refractivity contribution is 5.69. The van der Waals surface area contributed by atoms with Gasteiger partial charge in [-0.05, 0) is 58.9 Å². The summed E-state index contributed by atoms with van der Waals surface area (Å²) in [6.07, 6.45) is 20.5. The van der Waals surface area contributed by atoms with Crippen LogP contribution >= 0.6 is 0 Å². The number of hydrogen-bond donors (Lipinski definition) is 2. The average molecular weight is 471 g/mol. The fourth-order valence-corrected chi connectivity index (χ4v) is 3.95. The van der Waals surface area contributed by atoms with Crippen LogP contribution in [-0.2, 0) is 14.3 Å². The predicted molar refractivity (Wildman–Crippen MR) is 138 cm³/mol. The first-order valence-electron chi connectivity index (χ1n) is 13.8. The lowest BCUT2D eigenvalue weighted by molar-refractivity contribution is -0.144. The monoisotopic (exact) mass is 470 g/mol. The largest absolute Gasteiger partial charge is 0.481 e. The zero-order valence-electron chi connectivity index (χ0n) is 21.9. The second kappa shape index (κ2) is 25.5. The number of nitrogens with one attached hydrogen (secondary N) is 1. The number of nitrogens with zero attached hydrogens (tertiary/aromatic N) is 1. The predicted octanol–water partition coefficient (Wildman–Crippen LogP) is 6.18. The summed E-state index contributed by atoms with van der Waals surface area (Å²) >= 11 is 0. The lowest BCUT2D eigenvalue weighted by Crippen LogP contribution is -2.26. The minimum Gasteiger partial charge on any atom is -0.481 e. The van der Waals surface area contributed by atoms with E-state index in [1.165, 1.54) is 70.6 Å². The Morgan fingerprint density at radius 2 is 1.21 bits per heavy atom. The second-order valence-corrected chi connectivity index (χ2v) is 9.47. The SMILES string of the molecule is CCCCCCCCCCCCCCCOC(=O)CCCNCCCN(C)CCCC(=O)O. The number of carbonyl (C=O) groups is 2. The van der Waals surface area contributed by atoms with E-state index in [1.807, 2.05) is 7.05 Å². The first kappa shape index (κ1) is 31.9. The van der Waals surface area contributed by atoms with E-state index in [-0.39, 0.29) is 12.4 Å². The fraction of sp³-hybridized carbons (Fsp3) is 0.926. The van der Waals surface area contributed by atoms with E-state index in [0.29, 0.717) is 19.4 Å². The van der Waals surface area contributed by atoms with Gasteiger partial charge in [0.15, 0.2) is 0 Å². The van der Waals surface area contributed by atoms with E-state index >= 15 is 0 Å². The van der Waals surface area contributed by atoms with Crippen LogP contribution in [0.25, 0.3) is 0 Å². The molecule has 0 radical (unpaired) electrons. The van der Waals surface area contributed by atoms with Crippen molar-refractivity contribution in [3.63, 3.8) is 0 Å². The Hall–Kier alpha value is -1.14. The number of carboxylic acids is 1. The number of rotatable bonds is 26. The summed E-state index contributed by atoms with van der Waals surface area (Å²) in [7, 11) is 2.02. The van der Waals surface area contributed by atoms with Crippen molar-refractivity contribution in [3.05, 3.63) is 0 Å². The molecule has 0 saturated heterocycles. The molecular formula is C27H54N2O4. The molecule has 0 aliphatic heterocycles. The molecule has 6 heteroatoms. The van der Waals surface area contributed by atoms with Gasteiger partial charge in [0.25, 0.3) is 0 Å². The van der Waals surface area contributed by atoms with Crippen LogP contribution in [0.3, 0.4) is 0 Å². The lowest BCUT2D eigenvalue weighted by Gasteiger charge is -2.15. The zero-order chi connectivity index (χ0) is 24.4. The van der Waals surface area contributed by atoms with Gasteiger partial charge in [-0.3, -0.25) is 9.59 Å². The van der Waals surface area contributed by atoms with Crippen LogP contribution in [-0.4, -0.2) is 61.8 Å². The molecule has 0 aromatic rings. The van der Waals surface area contributed by atoms with Crippen molar-refractivity contribution in [3.8, 4) is 0 Å². The molecule has 0 aliphatic carbocycles. The maximum Gasteiger partial charge on any atom is 0.305 e. The Labute approximate surface area is 204 Å². The summed E-state index contributed by atoms with van der Waals surface area (Å²) in [6.45, 7) is 6.35. The van der Waals surface area contributed by atoms with Gasteiger partial charge >= 0.3 is 11.9 Å². The molecule has 0 spiro atoms. The molecule has 0 aromatic carbocycles. The van der Waals surface area contributed by atoms with Gasteiger partial charge in [0.2, 0.25) is 0 Å². The van der Waals surface area contributed by atoms with E-state index in [0.717, 1.165) is 51.9 Å². The summed E-state index contributed by atoms with van der Waals surface area (Å²) in [5.41, 5.74) is 0. The highest BCUT2D eigenvalue weighted by Gasteiger charge is 2.03. The fourth-order valence-electron chi connectivity index (χ4n) is 3.95. The van der Waals surface area contributed by atoms with Crippen LogP contribution in [0.1, 0.15) is 122 Å². The number of carbonyl (C=O) groups excluding carboxylic acids is 1. The second-order valence-electron chi connectivity index (χ2n) is 9.47. The topological polar surface area (TPSA) is 78.9 Å². The summed E-state index contributed by atoms with van der Waals surface area (Å²) in [4.78, 5) is 24.5. The molecule has 33 heavy (non-hydrogen) atoms. The molecule has 0 fully saturated rings. The molecule has 0 unspecified atom stereocenters. The van der Waals surface area contributed by atoms with Crippen LogP contribution in [0.15, 0.2) is 0 Å². The summed E-state index contributed by atoms with van der Waals surface area (Å²) in [6, 6.07) is 0. The maximum atomic E-state index is 11.8. The Balaban J connectivity index is 3.24. The summed E-state index contributed by atoms with van der Waals surface area (Å²) < 4.78 is 5.34. The quantitative estimate of drug-likeness (QED) is 0.116. The molecule has 6 nitrogen and oxygen atoms in total. The molecule has 0 saturated carbocycles. The zero-order valence-corrected chi connectivity index (χ0v) is 21.9. The van der Waals surface area contributed by atoms with Crippen molar-refractivity contribution < 1.29 is 19.4 Å². The minimum absolute atomic E-state index is 0.0751. The first-order valence-corrected chi connectivity index (χ1v) is 13.8. The average Bonchev–Trinajstić information content (AvgIpc) is 2.78. The van der Waals surface area contributed by atoms with Crippen molar-refractivity contribution in [1.82, 2.24) is 10.2 Å². The van der Waals surface area contributed by atoms with Gasteiger partial charge in [0.05, 0.1) is 6.61 Å². The molecular weight excluding hydrogens is 416 g/mol. The maximum absolute atomic E-state index is 11.8. The minimum atomic E-state index is -0.729. The smallest absolute Gasteiger partial charge is 0.305 e. The molecule has 2 N–H and O–H groups in total. The third-order valence-corrected chi connectivity index (χ3v) is 6.07. The van der Waals surface area contributed by atoms with Gasteiger partial charge in [-0.2, -0.15) is 0 Å². The molecule has 196 valence electrons. The molecule has 0 atom stereocenters. The van der Waals surface area contributed by atoms with Crippen LogP contribution < -0.4 is 5.32 Å². The van der Waals surface area contributed by atoms with Gasteiger partial charge in [-0.1, -0.05) is 84.0 Å². The Morgan fingerprint density at radius 3 is 1.79 bits per heavy atom. The number of esters is 1. The van der Waals surface area contributed by atoms with Gasteiger partial charge in [-0.15, -0.1) is 0 Å². The van der Waals surface area contributed by atoms with E-state index in [4.69, 9.17) is 9.84 Å². The van der Waals surface area contributed by atoms with Gasteiger partial charge in [-0.25, -0.2) is 0 Å². The third kappa shape index (κ3) is 27.0. The van der Waals surface area contributed by atoms with Crippen molar-refractivity contribution in [1.29, 1.82) is 0 Å². The number of unbranched alkanes of at least 4 members (excludes halogenated alkanes) is 12. The normalized spacial score (nSPS) is 11.2. The summed E-state index contributed by atoms with van der Waals surface area (Å²) in [5, 5.41) is 12.0. The molecule has 0 amide bonds. The standard InChI is InChI=1S/C27H54N2O4/c1-3-4-5-6-7-8-9-10-11-12-13-14-15-25-33-27(32)20-16-21-28-22-18-24-29(2)23-17-19-26(30)31/h28H,3-25H2,1-2H3,(H,30,31). The van der Waals surface area contributed by atoms with Crippen LogP contribution in [0.5, 0.6) is 0 Å². The first-order chi connectivity index (χ1) is 16.1. The Morgan fingerprint density at radius 1 is 0.697 bits per heavy atom. The summed E-state index contributed by atoms with van der Waals surface area (Å²) in [5.74, 6) is -0.804. The van der Waals surface area contributed by atoms with Gasteiger partial charge in [0, 0.05) is 12.8 Å². The lowest BCUT2D eigenvalue weighted by atomic mass is 10.0. The van der Waals surface area contributed by atoms with Crippen molar-refractivity contribution in [2.24, 2.45) is 0 Å². The number of carboxylic acid groups (broad SMARTS) is 1. The van der Waals surface area contributed by atoms with E-state index in [9.17, 15) is 9.59 Å². The van der Waals surface area contributed by atoms with Crippen molar-refractivity contribution >= 4 is 11.9 Å². The highest BCUT2D eigenvalue weighted by Crippen LogP contribution is 2.12. The molecule has 0 heterocycles. The van der Waals surface area contributed by atoms with Gasteiger partial charge < -0.3 is 20.1 Å². The molecule has 0 aromatic heterocycles.